The number of phenolic OH excluding ortho intramolecular Hbond substituents is 1. The molecule has 0 aromatic heterocycles. The van der Waals surface area contributed by atoms with Gasteiger partial charge in [0.2, 0.25) is 0 Å². The number of halogens is 1. The Morgan fingerprint density at radius 2 is 2.00 bits per heavy atom. The number of phenols is 1. The van der Waals surface area contributed by atoms with Gasteiger partial charge in [-0.05, 0) is 62.6 Å². The first kappa shape index (κ1) is 18.0. The highest BCUT2D eigenvalue weighted by Gasteiger charge is 2.72. The Bertz CT molecular complexity index is 784. The zero-order valence-electron chi connectivity index (χ0n) is 15.4. The fraction of sp³-hybridized carbons (Fsp3) is 0.714. The normalized spacial score (nSPS) is 41.9. The van der Waals surface area contributed by atoms with Gasteiger partial charge in [0.25, 0.3) is 0 Å². The molecule has 27 heavy (non-hydrogen) atoms. The summed E-state index contributed by atoms with van der Waals surface area (Å²) in [4.78, 5) is 2.53. The van der Waals surface area contributed by atoms with Crippen molar-refractivity contribution in [1.29, 1.82) is 0 Å². The Kier molecular flexibility index (Phi) is 3.85. The van der Waals surface area contributed by atoms with Crippen LogP contribution >= 0.6 is 12.4 Å². The predicted octanol–water partition coefficient (Wildman–Crippen LogP) is 2.13. The van der Waals surface area contributed by atoms with Gasteiger partial charge in [-0.25, -0.2) is 0 Å². The van der Waals surface area contributed by atoms with Gasteiger partial charge in [-0.15, -0.1) is 12.4 Å². The van der Waals surface area contributed by atoms with Crippen molar-refractivity contribution < 1.29 is 20.1 Å². The standard InChI is InChI=1S/C21H27NO4.ClH/c23-14-5-4-13-10-16-21(25)7-6-15(24)19-20(21,17(13)18(14)26-19)8-9-22(16)11-12-2-1-3-12;/h4-5,12,15-16,19,23-25H,1-3,6-11H2;1H/t15-,16-,19+,20+,21-;/m1./s1. The number of aliphatic hydroxyl groups excluding tert-OH is 1. The average molecular weight is 394 g/mol. The van der Waals surface area contributed by atoms with Crippen LogP contribution in [0.1, 0.15) is 49.7 Å². The molecule has 5 aliphatic rings. The monoisotopic (exact) mass is 393 g/mol. The highest BCUT2D eigenvalue weighted by molar-refractivity contribution is 5.85. The number of ether oxygens (including phenoxy) is 1. The first-order valence-electron chi connectivity index (χ1n) is 10.2. The largest absolute Gasteiger partial charge is 0.504 e. The molecule has 6 rings (SSSR count). The Hall–Kier alpha value is -1.01. The molecule has 0 amide bonds. The van der Waals surface area contributed by atoms with Gasteiger partial charge in [-0.1, -0.05) is 12.5 Å². The Morgan fingerprint density at radius 3 is 2.74 bits per heavy atom. The molecule has 2 bridgehead atoms. The van der Waals surface area contributed by atoms with E-state index in [4.69, 9.17) is 4.74 Å². The molecule has 2 aliphatic heterocycles. The maximum absolute atomic E-state index is 12.1. The summed E-state index contributed by atoms with van der Waals surface area (Å²) in [5.74, 6) is 1.42. The summed E-state index contributed by atoms with van der Waals surface area (Å²) in [6, 6.07) is 3.80. The van der Waals surface area contributed by atoms with Crippen molar-refractivity contribution in [3.8, 4) is 11.5 Å². The van der Waals surface area contributed by atoms with Crippen LogP contribution in [0.5, 0.6) is 11.5 Å². The van der Waals surface area contributed by atoms with Crippen LogP contribution in [0.2, 0.25) is 0 Å². The maximum Gasteiger partial charge on any atom is 0.165 e. The number of aliphatic hydroxyl groups is 2. The van der Waals surface area contributed by atoms with Crippen LogP contribution in [0.25, 0.3) is 0 Å². The molecule has 1 aromatic carbocycles. The SMILES string of the molecule is Cl.Oc1ccc2c3c1O[C@H]1[C@H](O)CC[C@@]4(O)[C@@H](C2)N(CC2CCC2)CC[C@]314. The Morgan fingerprint density at radius 1 is 1.19 bits per heavy atom. The lowest BCUT2D eigenvalue weighted by Crippen LogP contribution is -2.77. The predicted molar refractivity (Wildman–Crippen MR) is 103 cm³/mol. The molecular weight excluding hydrogens is 366 g/mol. The minimum Gasteiger partial charge on any atom is -0.504 e. The summed E-state index contributed by atoms with van der Waals surface area (Å²) in [7, 11) is 0. The summed E-state index contributed by atoms with van der Waals surface area (Å²) in [6.45, 7) is 2.02. The van der Waals surface area contributed by atoms with Crippen LogP contribution in [0.3, 0.4) is 0 Å². The summed E-state index contributed by atoms with van der Waals surface area (Å²) in [5.41, 5.74) is 0.712. The van der Waals surface area contributed by atoms with Crippen molar-refractivity contribution in [3.05, 3.63) is 23.3 Å². The molecule has 1 spiro atoms. The van der Waals surface area contributed by atoms with Crippen LogP contribution in [0.15, 0.2) is 12.1 Å². The van der Waals surface area contributed by atoms with Gasteiger partial charge in [-0.3, -0.25) is 4.90 Å². The second-order valence-corrected chi connectivity index (χ2v) is 9.25. The molecule has 2 heterocycles. The number of piperidine rings is 1. The molecule has 1 aromatic rings. The van der Waals surface area contributed by atoms with E-state index in [1.807, 2.05) is 6.07 Å². The highest BCUT2D eigenvalue weighted by atomic mass is 35.5. The fourth-order valence-corrected chi connectivity index (χ4v) is 6.83. The molecule has 5 nitrogen and oxygen atoms in total. The van der Waals surface area contributed by atoms with Gasteiger partial charge in [-0.2, -0.15) is 0 Å². The van der Waals surface area contributed by atoms with Crippen molar-refractivity contribution in [2.24, 2.45) is 5.92 Å². The van der Waals surface area contributed by atoms with E-state index < -0.39 is 23.2 Å². The summed E-state index contributed by atoms with van der Waals surface area (Å²) < 4.78 is 6.16. The van der Waals surface area contributed by atoms with E-state index in [0.29, 0.717) is 18.6 Å². The number of hydrogen-bond acceptors (Lipinski definition) is 5. The third-order valence-corrected chi connectivity index (χ3v) is 8.26. The molecule has 6 heteroatoms. The molecule has 5 atom stereocenters. The molecule has 2 saturated carbocycles. The summed E-state index contributed by atoms with van der Waals surface area (Å²) in [5, 5.41) is 33.2. The minimum atomic E-state index is -0.884. The van der Waals surface area contributed by atoms with E-state index in [1.54, 1.807) is 6.07 Å². The van der Waals surface area contributed by atoms with E-state index in [0.717, 1.165) is 37.4 Å². The zero-order chi connectivity index (χ0) is 17.7. The molecule has 0 radical (unpaired) electrons. The lowest BCUT2D eigenvalue weighted by atomic mass is 9.48. The third kappa shape index (κ3) is 2.01. The molecular formula is C21H28ClNO4. The van der Waals surface area contributed by atoms with Gasteiger partial charge >= 0.3 is 0 Å². The van der Waals surface area contributed by atoms with Crippen molar-refractivity contribution in [2.45, 2.75) is 74.2 Å². The van der Waals surface area contributed by atoms with Gasteiger partial charge in [0.15, 0.2) is 11.5 Å². The van der Waals surface area contributed by atoms with E-state index in [2.05, 4.69) is 4.90 Å². The lowest BCUT2D eigenvalue weighted by Gasteiger charge is -2.64. The molecule has 3 N–H and O–H groups in total. The smallest absolute Gasteiger partial charge is 0.165 e. The highest BCUT2D eigenvalue weighted by Crippen LogP contribution is 2.65. The fourth-order valence-electron chi connectivity index (χ4n) is 6.83. The quantitative estimate of drug-likeness (QED) is 0.717. The van der Waals surface area contributed by atoms with E-state index >= 15 is 0 Å². The summed E-state index contributed by atoms with van der Waals surface area (Å²) in [6.07, 6.45) is 5.68. The minimum absolute atomic E-state index is 0. The Balaban J connectivity index is 0.00000160. The summed E-state index contributed by atoms with van der Waals surface area (Å²) >= 11 is 0. The second kappa shape index (κ2) is 5.76. The number of aromatic hydroxyl groups is 1. The van der Waals surface area contributed by atoms with Crippen molar-refractivity contribution >= 4 is 12.4 Å². The lowest BCUT2D eigenvalue weighted by molar-refractivity contribution is -0.209. The molecule has 1 saturated heterocycles. The maximum atomic E-state index is 12.1. The van der Waals surface area contributed by atoms with E-state index in [-0.39, 0.29) is 24.2 Å². The number of hydrogen-bond donors (Lipinski definition) is 3. The number of benzene rings is 1. The molecule has 3 fully saturated rings. The molecule has 0 unspecified atom stereocenters. The number of likely N-dealkylation sites (tertiary alicyclic amines) is 1. The average Bonchev–Trinajstić information content (AvgIpc) is 2.93. The van der Waals surface area contributed by atoms with Crippen LogP contribution in [-0.4, -0.2) is 57.2 Å². The number of nitrogens with zero attached hydrogens (tertiary/aromatic N) is 1. The van der Waals surface area contributed by atoms with Crippen molar-refractivity contribution in [2.75, 3.05) is 13.1 Å². The Labute approximate surface area is 165 Å². The third-order valence-electron chi connectivity index (χ3n) is 8.26. The van der Waals surface area contributed by atoms with Gasteiger partial charge in [0.05, 0.1) is 17.1 Å². The van der Waals surface area contributed by atoms with E-state index in [1.165, 1.54) is 24.8 Å². The topological polar surface area (TPSA) is 73.2 Å². The van der Waals surface area contributed by atoms with Crippen LogP contribution < -0.4 is 4.74 Å². The first-order chi connectivity index (χ1) is 12.5. The van der Waals surface area contributed by atoms with Crippen LogP contribution in [0.4, 0.5) is 0 Å². The van der Waals surface area contributed by atoms with Crippen LogP contribution in [-0.2, 0) is 11.8 Å². The van der Waals surface area contributed by atoms with Crippen molar-refractivity contribution in [3.63, 3.8) is 0 Å². The first-order valence-corrected chi connectivity index (χ1v) is 10.2. The molecule has 148 valence electrons. The van der Waals surface area contributed by atoms with Crippen molar-refractivity contribution in [1.82, 2.24) is 4.90 Å². The van der Waals surface area contributed by atoms with Gasteiger partial charge < -0.3 is 20.1 Å². The molecule has 3 aliphatic carbocycles. The van der Waals surface area contributed by atoms with Gasteiger partial charge in [0, 0.05) is 18.2 Å². The van der Waals surface area contributed by atoms with Crippen LogP contribution in [0, 0.1) is 5.92 Å². The van der Waals surface area contributed by atoms with Gasteiger partial charge in [0.1, 0.15) is 6.10 Å². The zero-order valence-corrected chi connectivity index (χ0v) is 16.2. The second-order valence-electron chi connectivity index (χ2n) is 9.25. The number of rotatable bonds is 2. The van der Waals surface area contributed by atoms with E-state index in [9.17, 15) is 15.3 Å².